The standard InChI is InChI=1S/C25H32N4O3/c1-17-5-7-22(8-6-17)29(25(31)32)12-4-11-27-13-20-15-28(16-21(20)14-27)24(30)23-18(2)9-10-26-19(23)3/h5-10,20-21H,4,11-16H2,1-3H3,(H,31,32). The number of aromatic nitrogens is 1. The number of hydrogen-bond donors (Lipinski definition) is 1. The molecule has 7 nitrogen and oxygen atoms in total. The van der Waals surface area contributed by atoms with Gasteiger partial charge in [-0.1, -0.05) is 17.7 Å². The number of nitrogens with zero attached hydrogens (tertiary/aromatic N) is 4. The van der Waals surface area contributed by atoms with Crippen LogP contribution in [-0.4, -0.2) is 71.2 Å². The summed E-state index contributed by atoms with van der Waals surface area (Å²) in [6.07, 6.45) is 1.63. The number of fused-ring (bicyclic) bond motifs is 1. The van der Waals surface area contributed by atoms with Crippen molar-refractivity contribution < 1.29 is 14.7 Å². The molecule has 2 aliphatic rings. The van der Waals surface area contributed by atoms with Gasteiger partial charge in [0.1, 0.15) is 0 Å². The van der Waals surface area contributed by atoms with Gasteiger partial charge in [0.05, 0.1) is 11.3 Å². The van der Waals surface area contributed by atoms with Crippen LogP contribution < -0.4 is 4.90 Å². The molecule has 1 aromatic carbocycles. The lowest BCUT2D eigenvalue weighted by molar-refractivity contribution is 0.0772. The molecule has 3 heterocycles. The van der Waals surface area contributed by atoms with Crippen molar-refractivity contribution in [1.82, 2.24) is 14.8 Å². The molecule has 7 heteroatoms. The number of benzene rings is 1. The molecule has 2 atom stereocenters. The lowest BCUT2D eigenvalue weighted by atomic mass is 10.0. The first kappa shape index (κ1) is 22.3. The number of rotatable bonds is 6. The third kappa shape index (κ3) is 4.63. The molecule has 4 rings (SSSR count). The zero-order valence-electron chi connectivity index (χ0n) is 19.1. The van der Waals surface area contributed by atoms with Gasteiger partial charge in [0, 0.05) is 44.6 Å². The maximum Gasteiger partial charge on any atom is 0.411 e. The van der Waals surface area contributed by atoms with Crippen LogP contribution in [0.2, 0.25) is 0 Å². The van der Waals surface area contributed by atoms with E-state index in [4.69, 9.17) is 0 Å². The molecule has 0 aliphatic carbocycles. The lowest BCUT2D eigenvalue weighted by Gasteiger charge is -2.24. The Balaban J connectivity index is 1.28. The zero-order chi connectivity index (χ0) is 22.8. The first-order chi connectivity index (χ1) is 15.3. The van der Waals surface area contributed by atoms with E-state index in [1.807, 2.05) is 56.0 Å². The Morgan fingerprint density at radius 1 is 1.03 bits per heavy atom. The van der Waals surface area contributed by atoms with Crippen LogP contribution in [0.4, 0.5) is 10.5 Å². The molecule has 0 bridgehead atoms. The molecule has 1 aromatic heterocycles. The van der Waals surface area contributed by atoms with Crippen molar-refractivity contribution >= 4 is 17.7 Å². The topological polar surface area (TPSA) is 77.0 Å². The largest absolute Gasteiger partial charge is 0.465 e. The Kier molecular flexibility index (Phi) is 6.46. The second-order valence-electron chi connectivity index (χ2n) is 9.20. The van der Waals surface area contributed by atoms with Gasteiger partial charge in [-0.2, -0.15) is 0 Å². The minimum Gasteiger partial charge on any atom is -0.465 e. The Morgan fingerprint density at radius 3 is 2.28 bits per heavy atom. The van der Waals surface area contributed by atoms with Crippen LogP contribution >= 0.6 is 0 Å². The second-order valence-corrected chi connectivity index (χ2v) is 9.20. The molecule has 170 valence electrons. The number of carboxylic acid groups (broad SMARTS) is 1. The van der Waals surface area contributed by atoms with E-state index in [1.54, 1.807) is 6.20 Å². The summed E-state index contributed by atoms with van der Waals surface area (Å²) in [7, 11) is 0. The normalized spacial score (nSPS) is 20.4. The number of carbonyl (C=O) groups excluding carboxylic acids is 1. The summed E-state index contributed by atoms with van der Waals surface area (Å²) in [5.41, 5.74) is 4.36. The molecule has 0 spiro atoms. The monoisotopic (exact) mass is 436 g/mol. The molecule has 32 heavy (non-hydrogen) atoms. The molecule has 2 aliphatic heterocycles. The van der Waals surface area contributed by atoms with Gasteiger partial charge in [-0.05, 0) is 69.3 Å². The van der Waals surface area contributed by atoms with E-state index < -0.39 is 6.09 Å². The van der Waals surface area contributed by atoms with Gasteiger partial charge in [0.15, 0.2) is 0 Å². The predicted octanol–water partition coefficient (Wildman–Crippen LogP) is 3.59. The van der Waals surface area contributed by atoms with E-state index in [9.17, 15) is 14.7 Å². The molecular formula is C25H32N4O3. The average molecular weight is 437 g/mol. The highest BCUT2D eigenvalue weighted by atomic mass is 16.4. The number of anilines is 1. The highest BCUT2D eigenvalue weighted by molar-refractivity contribution is 5.96. The maximum atomic E-state index is 13.1. The molecule has 2 amide bonds. The summed E-state index contributed by atoms with van der Waals surface area (Å²) in [4.78, 5) is 34.9. The van der Waals surface area contributed by atoms with E-state index in [1.165, 1.54) is 4.90 Å². The van der Waals surface area contributed by atoms with Gasteiger partial charge in [-0.15, -0.1) is 0 Å². The highest BCUT2D eigenvalue weighted by Crippen LogP contribution is 2.32. The number of carbonyl (C=O) groups is 2. The number of aryl methyl sites for hydroxylation is 3. The number of amides is 2. The quantitative estimate of drug-likeness (QED) is 0.749. The van der Waals surface area contributed by atoms with Crippen molar-refractivity contribution in [1.29, 1.82) is 0 Å². The summed E-state index contributed by atoms with van der Waals surface area (Å²) in [5, 5.41) is 9.60. The smallest absolute Gasteiger partial charge is 0.411 e. The van der Waals surface area contributed by atoms with E-state index in [0.29, 0.717) is 18.4 Å². The molecule has 1 N–H and O–H groups in total. The van der Waals surface area contributed by atoms with Crippen molar-refractivity contribution in [2.75, 3.05) is 44.2 Å². The molecule has 2 aromatic rings. The van der Waals surface area contributed by atoms with Crippen molar-refractivity contribution in [3.63, 3.8) is 0 Å². The average Bonchev–Trinajstić information content (AvgIpc) is 3.30. The molecule has 2 saturated heterocycles. The fourth-order valence-corrected chi connectivity index (χ4v) is 5.13. The highest BCUT2D eigenvalue weighted by Gasteiger charge is 2.41. The molecule has 0 saturated carbocycles. The fourth-order valence-electron chi connectivity index (χ4n) is 5.13. The van der Waals surface area contributed by atoms with Crippen molar-refractivity contribution in [2.24, 2.45) is 11.8 Å². The van der Waals surface area contributed by atoms with Crippen LogP contribution in [0, 0.1) is 32.6 Å². The molecule has 2 unspecified atom stereocenters. The van der Waals surface area contributed by atoms with Gasteiger partial charge < -0.3 is 14.9 Å². The number of likely N-dealkylation sites (tertiary alicyclic amines) is 2. The van der Waals surface area contributed by atoms with Crippen LogP contribution in [0.3, 0.4) is 0 Å². The molecular weight excluding hydrogens is 404 g/mol. The fraction of sp³-hybridized carbons (Fsp3) is 0.480. The number of hydrogen-bond acceptors (Lipinski definition) is 4. The van der Waals surface area contributed by atoms with Gasteiger partial charge >= 0.3 is 6.09 Å². The van der Waals surface area contributed by atoms with Gasteiger partial charge in [-0.25, -0.2) is 4.79 Å². The molecule has 2 fully saturated rings. The summed E-state index contributed by atoms with van der Waals surface area (Å²) < 4.78 is 0. The van der Waals surface area contributed by atoms with E-state index >= 15 is 0 Å². The Labute approximate surface area is 189 Å². The van der Waals surface area contributed by atoms with Gasteiger partial charge in [0.2, 0.25) is 0 Å². The summed E-state index contributed by atoms with van der Waals surface area (Å²) in [6.45, 7) is 10.7. The third-order valence-corrected chi connectivity index (χ3v) is 6.84. The first-order valence-corrected chi connectivity index (χ1v) is 11.3. The summed E-state index contributed by atoms with van der Waals surface area (Å²) in [5.74, 6) is 1.08. The van der Waals surface area contributed by atoms with Crippen molar-refractivity contribution in [2.45, 2.75) is 27.2 Å². The Bertz CT molecular complexity index is 957. The predicted molar refractivity (Wildman–Crippen MR) is 124 cm³/mol. The van der Waals surface area contributed by atoms with E-state index in [0.717, 1.165) is 67.2 Å². The first-order valence-electron chi connectivity index (χ1n) is 11.3. The van der Waals surface area contributed by atoms with Crippen LogP contribution in [0.1, 0.15) is 33.6 Å². The SMILES string of the molecule is Cc1ccc(N(CCCN2CC3CN(C(=O)c4c(C)ccnc4C)CC3C2)C(=O)O)cc1. The summed E-state index contributed by atoms with van der Waals surface area (Å²) in [6, 6.07) is 9.50. The molecule has 0 radical (unpaired) electrons. The van der Waals surface area contributed by atoms with E-state index in [-0.39, 0.29) is 5.91 Å². The second kappa shape index (κ2) is 9.28. The van der Waals surface area contributed by atoms with E-state index in [2.05, 4.69) is 9.88 Å². The third-order valence-electron chi connectivity index (χ3n) is 6.84. The van der Waals surface area contributed by atoms with Crippen molar-refractivity contribution in [3.05, 3.63) is 58.9 Å². The van der Waals surface area contributed by atoms with Crippen molar-refractivity contribution in [3.8, 4) is 0 Å². The van der Waals surface area contributed by atoms with Gasteiger partial charge in [0.25, 0.3) is 5.91 Å². The minimum absolute atomic E-state index is 0.101. The Morgan fingerprint density at radius 2 is 1.69 bits per heavy atom. The minimum atomic E-state index is -0.915. The van der Waals surface area contributed by atoms with Crippen LogP contribution in [-0.2, 0) is 0 Å². The van der Waals surface area contributed by atoms with Crippen LogP contribution in [0.5, 0.6) is 0 Å². The summed E-state index contributed by atoms with van der Waals surface area (Å²) >= 11 is 0. The lowest BCUT2D eigenvalue weighted by Crippen LogP contribution is -2.36. The number of pyridine rings is 1. The van der Waals surface area contributed by atoms with Crippen LogP contribution in [0.15, 0.2) is 36.5 Å². The van der Waals surface area contributed by atoms with Crippen LogP contribution in [0.25, 0.3) is 0 Å². The Hall–Kier alpha value is -2.93. The van der Waals surface area contributed by atoms with Gasteiger partial charge in [-0.3, -0.25) is 14.7 Å². The maximum absolute atomic E-state index is 13.1. The zero-order valence-corrected chi connectivity index (χ0v) is 19.1.